The largest absolute Gasteiger partial charge is 0.453 e. The van der Waals surface area contributed by atoms with E-state index in [4.69, 9.17) is 9.47 Å². The van der Waals surface area contributed by atoms with Crippen molar-refractivity contribution in [2.24, 2.45) is 0 Å². The van der Waals surface area contributed by atoms with Gasteiger partial charge in [-0.05, 0) is 30.3 Å². The lowest BCUT2D eigenvalue weighted by atomic mass is 9.97. The normalized spacial score (nSPS) is 29.2. The van der Waals surface area contributed by atoms with E-state index in [1.165, 1.54) is 18.9 Å². The number of rotatable bonds is 5. The van der Waals surface area contributed by atoms with E-state index < -0.39 is 49.6 Å². The Kier molecular flexibility index (Phi) is 6.74. The molecular formula is C21H25N3O7S. The highest BCUT2D eigenvalue weighted by molar-refractivity contribution is 7.99. The van der Waals surface area contributed by atoms with Crippen molar-refractivity contribution in [3.05, 3.63) is 48.5 Å². The summed E-state index contributed by atoms with van der Waals surface area (Å²) in [5.41, 5.74) is 1.25. The van der Waals surface area contributed by atoms with Crippen LogP contribution in [0.2, 0.25) is 0 Å². The number of nitrogens with zero attached hydrogens (tertiary/aromatic N) is 1. The maximum Gasteiger partial charge on any atom is 0.409 e. The van der Waals surface area contributed by atoms with Crippen molar-refractivity contribution < 1.29 is 34.7 Å². The number of amides is 1. The molecule has 32 heavy (non-hydrogen) atoms. The number of aliphatic hydroxyl groups is 4. The van der Waals surface area contributed by atoms with Crippen molar-refractivity contribution in [3.8, 4) is 0 Å². The summed E-state index contributed by atoms with van der Waals surface area (Å²) in [6, 6.07) is 15.4. The summed E-state index contributed by atoms with van der Waals surface area (Å²) in [7, 11) is 1.23. The lowest BCUT2D eigenvalue weighted by Gasteiger charge is -2.45. The average molecular weight is 464 g/mol. The molecule has 6 unspecified atom stereocenters. The summed E-state index contributed by atoms with van der Waals surface area (Å²) in [5.74, 6) is 0. The van der Waals surface area contributed by atoms with Gasteiger partial charge in [-0.15, -0.1) is 0 Å². The highest BCUT2D eigenvalue weighted by Crippen LogP contribution is 2.42. The van der Waals surface area contributed by atoms with Crippen LogP contribution in [0.3, 0.4) is 0 Å². The Morgan fingerprint density at radius 3 is 2.56 bits per heavy atom. The molecule has 2 aliphatic heterocycles. The Labute approximate surface area is 188 Å². The van der Waals surface area contributed by atoms with Gasteiger partial charge in [-0.3, -0.25) is 5.32 Å². The number of carbonyl (C=O) groups is 1. The number of nitrogens with one attached hydrogen (secondary N) is 2. The van der Waals surface area contributed by atoms with Crippen molar-refractivity contribution in [2.45, 2.75) is 46.7 Å². The second-order valence-electron chi connectivity index (χ2n) is 7.40. The second kappa shape index (κ2) is 9.53. The van der Waals surface area contributed by atoms with Crippen LogP contribution in [0.15, 0.2) is 58.3 Å². The molecule has 2 heterocycles. The van der Waals surface area contributed by atoms with E-state index in [0.29, 0.717) is 11.4 Å². The Bertz CT molecular complexity index is 948. The van der Waals surface area contributed by atoms with E-state index in [0.717, 1.165) is 9.79 Å². The van der Waals surface area contributed by atoms with Gasteiger partial charge < -0.3 is 40.1 Å². The number of ether oxygens (including phenoxy) is 2. The Hall–Kier alpha value is -2.54. The van der Waals surface area contributed by atoms with Crippen molar-refractivity contribution in [1.82, 2.24) is 5.32 Å². The number of hydrogen-bond acceptors (Lipinski definition) is 10. The fourth-order valence-electron chi connectivity index (χ4n) is 3.76. The average Bonchev–Trinajstić information content (AvgIpc) is 3.15. The first-order chi connectivity index (χ1) is 15.4. The van der Waals surface area contributed by atoms with Crippen LogP contribution < -0.4 is 15.5 Å². The molecule has 0 spiro atoms. The molecule has 6 atom stereocenters. The summed E-state index contributed by atoms with van der Waals surface area (Å²) < 4.78 is 10.5. The van der Waals surface area contributed by atoms with E-state index in [1.807, 2.05) is 48.5 Å². The number of carbonyl (C=O) groups excluding carboxylic acids is 1. The molecule has 172 valence electrons. The summed E-state index contributed by atoms with van der Waals surface area (Å²) in [6.07, 6.45) is -8.45. The number of fused-ring (bicyclic) bond motifs is 1. The first kappa shape index (κ1) is 22.6. The zero-order chi connectivity index (χ0) is 22.8. The summed E-state index contributed by atoms with van der Waals surface area (Å²) in [4.78, 5) is 15.4. The number of methoxy groups -OCH3 is 1. The van der Waals surface area contributed by atoms with Gasteiger partial charge in [0, 0.05) is 9.79 Å². The summed E-state index contributed by atoms with van der Waals surface area (Å²) in [6.45, 7) is -0.561. The maximum atomic E-state index is 11.9. The highest BCUT2D eigenvalue weighted by Gasteiger charge is 2.49. The quantitative estimate of drug-likeness (QED) is 0.371. The number of aliphatic hydroxyl groups excluding tert-OH is 4. The number of alkyl carbamates (subject to hydrolysis) is 1. The fourth-order valence-corrected chi connectivity index (χ4v) is 4.64. The lowest BCUT2D eigenvalue weighted by Crippen LogP contribution is -2.66. The molecule has 2 aromatic rings. The van der Waals surface area contributed by atoms with E-state index in [2.05, 4.69) is 10.6 Å². The van der Waals surface area contributed by atoms with Crippen LogP contribution in [0.1, 0.15) is 0 Å². The van der Waals surface area contributed by atoms with Gasteiger partial charge in [0.25, 0.3) is 0 Å². The van der Waals surface area contributed by atoms with Crippen LogP contribution in [-0.2, 0) is 9.47 Å². The minimum absolute atomic E-state index is 0.561. The molecule has 1 amide bonds. The molecule has 6 N–H and O–H groups in total. The monoisotopic (exact) mass is 463 g/mol. The fraction of sp³-hybridized carbons (Fsp3) is 0.381. The molecule has 2 aliphatic rings. The minimum Gasteiger partial charge on any atom is -0.453 e. The van der Waals surface area contributed by atoms with Gasteiger partial charge in [0.2, 0.25) is 0 Å². The summed E-state index contributed by atoms with van der Waals surface area (Å²) >= 11 is 1.53. The maximum absolute atomic E-state index is 11.9. The van der Waals surface area contributed by atoms with E-state index >= 15 is 0 Å². The van der Waals surface area contributed by atoms with E-state index in [-0.39, 0.29) is 0 Å². The van der Waals surface area contributed by atoms with Gasteiger partial charge in [0.1, 0.15) is 24.4 Å². The third kappa shape index (κ3) is 4.35. The number of anilines is 2. The lowest BCUT2D eigenvalue weighted by molar-refractivity contribution is -0.229. The van der Waals surface area contributed by atoms with Crippen LogP contribution in [0.5, 0.6) is 0 Å². The predicted octanol–water partition coefficient (Wildman–Crippen LogP) is 0.509. The van der Waals surface area contributed by atoms with Crippen LogP contribution in [0.4, 0.5) is 16.2 Å². The Morgan fingerprint density at radius 2 is 1.88 bits per heavy atom. The van der Waals surface area contributed by atoms with E-state index in [9.17, 15) is 25.2 Å². The van der Waals surface area contributed by atoms with E-state index in [1.54, 1.807) is 4.90 Å². The van der Waals surface area contributed by atoms with Gasteiger partial charge in [0.15, 0.2) is 12.5 Å². The molecule has 4 rings (SSSR count). The zero-order valence-corrected chi connectivity index (χ0v) is 18.0. The van der Waals surface area contributed by atoms with Gasteiger partial charge in [0.05, 0.1) is 25.1 Å². The topological polar surface area (TPSA) is 144 Å². The molecule has 0 aromatic heterocycles. The molecular weight excluding hydrogens is 438 g/mol. The number of benzene rings is 2. The molecule has 0 saturated carbocycles. The van der Waals surface area contributed by atoms with Crippen molar-refractivity contribution in [2.75, 3.05) is 23.9 Å². The third-order valence-electron chi connectivity index (χ3n) is 5.38. The van der Waals surface area contributed by atoms with Crippen LogP contribution >= 0.6 is 11.8 Å². The van der Waals surface area contributed by atoms with Crippen LogP contribution in [0, 0.1) is 0 Å². The van der Waals surface area contributed by atoms with Gasteiger partial charge in [-0.1, -0.05) is 30.0 Å². The summed E-state index contributed by atoms with van der Waals surface area (Å²) in [5, 5.41) is 46.4. The standard InChI is InChI=1S/C21H25N3O7S/c1-30-21(29)23-20-22-13-8-7-12(32-11-5-3-2-4-6-11)9-14(13)24(20)19-18(28)17(27)16(26)15(10-25)31-19/h2-9,15-20,22,25-28H,10H2,1H3,(H,23,29). The first-order valence-electron chi connectivity index (χ1n) is 9.99. The molecule has 1 saturated heterocycles. The highest BCUT2D eigenvalue weighted by atomic mass is 32.2. The minimum atomic E-state index is -1.56. The van der Waals surface area contributed by atoms with Crippen molar-refractivity contribution in [1.29, 1.82) is 0 Å². The third-order valence-corrected chi connectivity index (χ3v) is 6.38. The molecule has 11 heteroatoms. The molecule has 0 bridgehead atoms. The predicted molar refractivity (Wildman–Crippen MR) is 116 cm³/mol. The van der Waals surface area contributed by atoms with Crippen LogP contribution in [0.25, 0.3) is 0 Å². The van der Waals surface area contributed by atoms with Gasteiger partial charge in [-0.2, -0.15) is 0 Å². The Balaban J connectivity index is 1.69. The SMILES string of the molecule is COC(=O)NC1Nc2ccc(Sc3ccccc3)cc2N1C1OC(CO)C(O)C(O)C1O. The molecule has 0 radical (unpaired) electrons. The van der Waals surface area contributed by atoms with Crippen molar-refractivity contribution in [3.63, 3.8) is 0 Å². The van der Waals surface area contributed by atoms with Crippen LogP contribution in [-0.4, -0.2) is 77.2 Å². The van der Waals surface area contributed by atoms with Gasteiger partial charge >= 0.3 is 6.09 Å². The molecule has 10 nitrogen and oxygen atoms in total. The number of hydrogen-bond donors (Lipinski definition) is 6. The smallest absolute Gasteiger partial charge is 0.409 e. The van der Waals surface area contributed by atoms with Crippen molar-refractivity contribution >= 4 is 29.2 Å². The zero-order valence-electron chi connectivity index (χ0n) is 17.2. The van der Waals surface area contributed by atoms with Gasteiger partial charge in [-0.25, -0.2) is 4.79 Å². The molecule has 0 aliphatic carbocycles. The molecule has 1 fully saturated rings. The molecule has 2 aromatic carbocycles. The Morgan fingerprint density at radius 1 is 1.12 bits per heavy atom. The second-order valence-corrected chi connectivity index (χ2v) is 8.55. The first-order valence-corrected chi connectivity index (χ1v) is 10.8.